The van der Waals surface area contributed by atoms with Gasteiger partial charge in [-0.25, -0.2) is 0 Å². The van der Waals surface area contributed by atoms with E-state index in [1.165, 1.54) is 16.0 Å². The van der Waals surface area contributed by atoms with Crippen molar-refractivity contribution in [3.05, 3.63) is 50.6 Å². The van der Waals surface area contributed by atoms with Crippen LogP contribution in [0.1, 0.15) is 41.9 Å². The molecule has 27 heavy (non-hydrogen) atoms. The molecule has 1 saturated carbocycles. The van der Waals surface area contributed by atoms with Crippen molar-refractivity contribution >= 4 is 28.6 Å². The molecule has 1 amide bonds. The normalized spacial score (nSPS) is 15.9. The number of carbonyl (C=O) groups is 1. The zero-order valence-electron chi connectivity index (χ0n) is 15.8. The summed E-state index contributed by atoms with van der Waals surface area (Å²) in [5.41, 5.74) is 4.34. The highest BCUT2D eigenvalue weighted by Gasteiger charge is 2.43. The smallest absolute Gasteiger partial charge is 0.231 e. The van der Waals surface area contributed by atoms with E-state index in [1.54, 1.807) is 22.7 Å². The van der Waals surface area contributed by atoms with E-state index in [2.05, 4.69) is 53.5 Å². The van der Waals surface area contributed by atoms with Gasteiger partial charge in [-0.3, -0.25) is 9.48 Å². The van der Waals surface area contributed by atoms with Gasteiger partial charge < -0.3 is 5.32 Å². The summed E-state index contributed by atoms with van der Waals surface area (Å²) in [5.74, 6) is 0.182. The highest BCUT2D eigenvalue weighted by atomic mass is 32.1. The Balaban J connectivity index is 1.44. The Morgan fingerprint density at radius 3 is 2.74 bits per heavy atom. The van der Waals surface area contributed by atoms with Crippen molar-refractivity contribution in [1.82, 2.24) is 15.1 Å². The molecule has 3 heterocycles. The molecule has 142 valence electrons. The van der Waals surface area contributed by atoms with Crippen molar-refractivity contribution in [2.75, 3.05) is 6.54 Å². The summed E-state index contributed by atoms with van der Waals surface area (Å²) in [5, 5.41) is 14.2. The Labute approximate surface area is 168 Å². The molecule has 0 spiro atoms. The third kappa shape index (κ3) is 3.36. The number of thiophene rings is 2. The molecular weight excluding hydrogens is 374 g/mol. The molecule has 1 N–H and O–H groups in total. The van der Waals surface area contributed by atoms with Crippen molar-refractivity contribution < 1.29 is 4.79 Å². The second kappa shape index (κ2) is 7.60. The number of aromatic nitrogens is 2. The highest BCUT2D eigenvalue weighted by molar-refractivity contribution is 7.10. The largest absolute Gasteiger partial charge is 0.353 e. The van der Waals surface area contributed by atoms with E-state index in [1.807, 2.05) is 4.68 Å². The maximum absolute atomic E-state index is 13.1. The first-order valence-electron chi connectivity index (χ1n) is 9.51. The molecule has 0 atom stereocenters. The van der Waals surface area contributed by atoms with Gasteiger partial charge in [-0.05, 0) is 60.5 Å². The minimum Gasteiger partial charge on any atom is -0.353 e. The lowest BCUT2D eigenvalue weighted by molar-refractivity contribution is -0.126. The van der Waals surface area contributed by atoms with Gasteiger partial charge in [-0.15, -0.1) is 11.3 Å². The first kappa shape index (κ1) is 18.4. The summed E-state index contributed by atoms with van der Waals surface area (Å²) >= 11 is 3.41. The van der Waals surface area contributed by atoms with E-state index in [0.717, 1.165) is 37.1 Å². The summed E-state index contributed by atoms with van der Waals surface area (Å²) in [6, 6.07) is 6.30. The highest BCUT2D eigenvalue weighted by Crippen LogP contribution is 2.43. The van der Waals surface area contributed by atoms with Gasteiger partial charge in [0.2, 0.25) is 5.91 Å². The van der Waals surface area contributed by atoms with Crippen LogP contribution in [0, 0.1) is 13.8 Å². The standard InChI is InChI=1S/C21H25N3OS2/c1-15-19(17-7-13-26-14-17)16(2)24(23-15)11-10-22-20(25)21(8-3-4-9-21)18-6-5-12-27-18/h5-7,12-14H,3-4,8-11H2,1-2H3,(H,22,25). The SMILES string of the molecule is Cc1nn(CCNC(=O)C2(c3cccs3)CCCC2)c(C)c1-c1ccsc1. The number of carbonyl (C=O) groups excluding carboxylic acids is 1. The van der Waals surface area contributed by atoms with Crippen molar-refractivity contribution in [1.29, 1.82) is 0 Å². The molecule has 0 saturated heterocycles. The van der Waals surface area contributed by atoms with Crippen molar-refractivity contribution in [3.63, 3.8) is 0 Å². The summed E-state index contributed by atoms with van der Waals surface area (Å²) < 4.78 is 2.02. The van der Waals surface area contributed by atoms with E-state index < -0.39 is 0 Å². The van der Waals surface area contributed by atoms with Gasteiger partial charge in [-0.2, -0.15) is 16.4 Å². The van der Waals surface area contributed by atoms with Gasteiger partial charge in [0.05, 0.1) is 17.7 Å². The Kier molecular flexibility index (Phi) is 5.19. The van der Waals surface area contributed by atoms with Gasteiger partial charge in [-0.1, -0.05) is 18.9 Å². The molecule has 0 unspecified atom stereocenters. The molecule has 0 bridgehead atoms. The first-order valence-corrected chi connectivity index (χ1v) is 11.3. The number of nitrogens with one attached hydrogen (secondary N) is 1. The number of nitrogens with zero attached hydrogens (tertiary/aromatic N) is 2. The molecule has 3 aromatic rings. The van der Waals surface area contributed by atoms with Crippen LogP contribution in [0.5, 0.6) is 0 Å². The summed E-state index contributed by atoms with van der Waals surface area (Å²) in [6.07, 6.45) is 4.18. The summed E-state index contributed by atoms with van der Waals surface area (Å²) in [6.45, 7) is 5.47. The van der Waals surface area contributed by atoms with E-state index in [4.69, 9.17) is 5.10 Å². The van der Waals surface area contributed by atoms with Crippen LogP contribution < -0.4 is 5.32 Å². The quantitative estimate of drug-likeness (QED) is 0.640. The Bertz CT molecular complexity index is 904. The predicted molar refractivity (Wildman–Crippen MR) is 112 cm³/mol. The minimum atomic E-state index is -0.314. The number of hydrogen-bond donors (Lipinski definition) is 1. The molecule has 3 aromatic heterocycles. The lowest BCUT2D eigenvalue weighted by atomic mass is 9.83. The molecule has 1 fully saturated rings. The molecule has 0 aromatic carbocycles. The van der Waals surface area contributed by atoms with Crippen LogP contribution in [-0.2, 0) is 16.8 Å². The second-order valence-electron chi connectivity index (χ2n) is 7.30. The van der Waals surface area contributed by atoms with E-state index in [0.29, 0.717) is 13.1 Å². The average Bonchev–Trinajstić information content (AvgIpc) is 3.44. The average molecular weight is 400 g/mol. The number of amides is 1. The monoisotopic (exact) mass is 399 g/mol. The Hall–Kier alpha value is -1.92. The molecule has 1 aliphatic carbocycles. The molecule has 1 aliphatic rings. The molecule has 6 heteroatoms. The maximum atomic E-state index is 13.1. The van der Waals surface area contributed by atoms with Crippen LogP contribution in [0.2, 0.25) is 0 Å². The van der Waals surface area contributed by atoms with Gasteiger partial charge in [0, 0.05) is 22.7 Å². The van der Waals surface area contributed by atoms with Crippen molar-refractivity contribution in [3.8, 4) is 11.1 Å². The van der Waals surface area contributed by atoms with Crippen LogP contribution in [0.4, 0.5) is 0 Å². The number of rotatable bonds is 6. The Morgan fingerprint density at radius 2 is 2.07 bits per heavy atom. The van der Waals surface area contributed by atoms with E-state index >= 15 is 0 Å². The maximum Gasteiger partial charge on any atom is 0.231 e. The first-order chi connectivity index (χ1) is 13.1. The second-order valence-corrected chi connectivity index (χ2v) is 9.03. The zero-order valence-corrected chi connectivity index (χ0v) is 17.5. The third-order valence-corrected chi connectivity index (χ3v) is 7.44. The van der Waals surface area contributed by atoms with Gasteiger partial charge >= 0.3 is 0 Å². The molecule has 4 nitrogen and oxygen atoms in total. The third-order valence-electron chi connectivity index (χ3n) is 5.69. The predicted octanol–water partition coefficient (Wildman–Crippen LogP) is 4.92. The molecular formula is C21H25N3OS2. The topological polar surface area (TPSA) is 46.9 Å². The van der Waals surface area contributed by atoms with Crippen LogP contribution in [-0.4, -0.2) is 22.2 Å². The summed E-state index contributed by atoms with van der Waals surface area (Å²) in [4.78, 5) is 14.3. The van der Waals surface area contributed by atoms with Crippen molar-refractivity contribution in [2.45, 2.75) is 51.5 Å². The van der Waals surface area contributed by atoms with Crippen LogP contribution in [0.3, 0.4) is 0 Å². The van der Waals surface area contributed by atoms with Crippen LogP contribution >= 0.6 is 22.7 Å². The molecule has 0 radical (unpaired) electrons. The zero-order chi connectivity index (χ0) is 18.9. The minimum absolute atomic E-state index is 0.182. The van der Waals surface area contributed by atoms with Crippen LogP contribution in [0.25, 0.3) is 11.1 Å². The number of aryl methyl sites for hydroxylation is 1. The lowest BCUT2D eigenvalue weighted by Gasteiger charge is -2.26. The lowest BCUT2D eigenvalue weighted by Crippen LogP contribution is -2.43. The van der Waals surface area contributed by atoms with Gasteiger partial charge in [0.1, 0.15) is 0 Å². The molecule has 0 aliphatic heterocycles. The Morgan fingerprint density at radius 1 is 1.26 bits per heavy atom. The fourth-order valence-electron chi connectivity index (χ4n) is 4.30. The van der Waals surface area contributed by atoms with Crippen molar-refractivity contribution in [2.24, 2.45) is 0 Å². The van der Waals surface area contributed by atoms with Gasteiger partial charge in [0.15, 0.2) is 0 Å². The fourth-order valence-corrected chi connectivity index (χ4v) is 5.93. The van der Waals surface area contributed by atoms with E-state index in [-0.39, 0.29) is 11.3 Å². The fraction of sp³-hybridized carbons (Fsp3) is 0.429. The van der Waals surface area contributed by atoms with E-state index in [9.17, 15) is 4.79 Å². The van der Waals surface area contributed by atoms with Gasteiger partial charge in [0.25, 0.3) is 0 Å². The van der Waals surface area contributed by atoms with Crippen LogP contribution in [0.15, 0.2) is 34.3 Å². The molecule has 4 rings (SSSR count). The summed E-state index contributed by atoms with van der Waals surface area (Å²) in [7, 11) is 0. The number of hydrogen-bond acceptors (Lipinski definition) is 4.